The van der Waals surface area contributed by atoms with Gasteiger partial charge in [0.2, 0.25) is 0 Å². The van der Waals surface area contributed by atoms with Crippen LogP contribution in [-0.2, 0) is 24.0 Å². The molecule has 0 aromatic heterocycles. The topological polar surface area (TPSA) is 38.7 Å². The molecule has 3 rings (SSSR count). The van der Waals surface area contributed by atoms with Crippen LogP contribution in [0.15, 0.2) is 41.6 Å². The maximum absolute atomic E-state index is 13.7. The zero-order valence-corrected chi connectivity index (χ0v) is 22.0. The quantitative estimate of drug-likeness (QED) is 0.220. The minimum absolute atomic E-state index is 0.0253. The summed E-state index contributed by atoms with van der Waals surface area (Å²) in [5, 5.41) is 4.07. The van der Waals surface area contributed by atoms with Gasteiger partial charge in [-0.15, -0.1) is 0 Å². The Morgan fingerprint density at radius 2 is 1.69 bits per heavy atom. The van der Waals surface area contributed by atoms with Crippen molar-refractivity contribution in [2.45, 2.75) is 98.8 Å². The van der Waals surface area contributed by atoms with Crippen LogP contribution in [0.2, 0.25) is 0 Å². The number of hydrogen-bond donors (Lipinski definition) is 0. The molecule has 35 heavy (non-hydrogen) atoms. The maximum Gasteiger partial charge on any atom is 0.416 e. The second-order valence-corrected chi connectivity index (χ2v) is 8.09. The Morgan fingerprint density at radius 3 is 2.26 bits per heavy atom. The maximum atomic E-state index is 13.7. The molecule has 0 radical (unpaired) electrons. The fourth-order valence-corrected chi connectivity index (χ4v) is 4.22. The van der Waals surface area contributed by atoms with Crippen molar-refractivity contribution in [3.8, 4) is 0 Å². The molecule has 3 nitrogen and oxygen atoms in total. The zero-order chi connectivity index (χ0) is 26.4. The van der Waals surface area contributed by atoms with Gasteiger partial charge in [0.15, 0.2) is 0 Å². The minimum atomic E-state index is -4.39. The number of nitrogens with zero attached hydrogens (tertiary/aromatic N) is 1. The lowest BCUT2D eigenvalue weighted by Crippen LogP contribution is -2.15. The molecule has 1 aliphatic rings. The number of hydrogen-bond acceptors (Lipinski definition) is 3. The van der Waals surface area contributed by atoms with Crippen LogP contribution in [0.5, 0.6) is 0 Å². The predicted octanol–water partition coefficient (Wildman–Crippen LogP) is 9.12. The minimum Gasteiger partial charge on any atom is -0.391 e. The van der Waals surface area contributed by atoms with Gasteiger partial charge in [-0.2, -0.15) is 13.2 Å². The highest BCUT2D eigenvalue weighted by Gasteiger charge is 2.35. The van der Waals surface area contributed by atoms with Crippen LogP contribution in [0, 0.1) is 0 Å². The lowest BCUT2D eigenvalue weighted by molar-refractivity contribution is -0.138. The highest BCUT2D eigenvalue weighted by atomic mass is 19.4. The van der Waals surface area contributed by atoms with E-state index < -0.39 is 11.7 Å². The van der Waals surface area contributed by atoms with E-state index in [1.54, 1.807) is 31.2 Å². The van der Waals surface area contributed by atoms with E-state index in [0.717, 1.165) is 49.5 Å². The molecule has 1 aliphatic carbocycles. The highest BCUT2D eigenvalue weighted by molar-refractivity contribution is 5.99. The van der Waals surface area contributed by atoms with E-state index in [1.165, 1.54) is 6.07 Å². The van der Waals surface area contributed by atoms with Gasteiger partial charge in [-0.25, -0.2) is 0 Å². The molecular formula is C29H40F3NO2. The molecule has 2 aromatic carbocycles. The van der Waals surface area contributed by atoms with Crippen molar-refractivity contribution in [3.05, 3.63) is 69.8 Å². The molecule has 0 amide bonds. The summed E-state index contributed by atoms with van der Waals surface area (Å²) >= 11 is 0. The van der Waals surface area contributed by atoms with Gasteiger partial charge in [-0.05, 0) is 66.5 Å². The molecule has 0 saturated heterocycles. The van der Waals surface area contributed by atoms with E-state index in [0.29, 0.717) is 28.8 Å². The van der Waals surface area contributed by atoms with Crippen LogP contribution in [-0.4, -0.2) is 12.0 Å². The van der Waals surface area contributed by atoms with Gasteiger partial charge in [-0.1, -0.05) is 83.3 Å². The summed E-state index contributed by atoms with van der Waals surface area (Å²) < 4.78 is 41.1. The second kappa shape index (κ2) is 15.4. The Morgan fingerprint density at radius 1 is 1.03 bits per heavy atom. The van der Waals surface area contributed by atoms with Crippen LogP contribution < -0.4 is 0 Å². The van der Waals surface area contributed by atoms with E-state index in [-0.39, 0.29) is 12.5 Å². The van der Waals surface area contributed by atoms with E-state index in [1.807, 2.05) is 40.7 Å². The van der Waals surface area contributed by atoms with Gasteiger partial charge in [-0.3, -0.25) is 4.79 Å². The molecular weight excluding hydrogens is 451 g/mol. The second-order valence-electron chi connectivity index (χ2n) is 8.09. The number of aryl methyl sites for hydroxylation is 1. The summed E-state index contributed by atoms with van der Waals surface area (Å²) in [7, 11) is 0. The number of alkyl halides is 3. The highest BCUT2D eigenvalue weighted by Crippen LogP contribution is 2.41. The van der Waals surface area contributed by atoms with E-state index in [2.05, 4.69) is 5.16 Å². The van der Waals surface area contributed by atoms with Gasteiger partial charge in [0, 0.05) is 5.56 Å². The summed E-state index contributed by atoms with van der Waals surface area (Å²) in [5.41, 5.74) is 3.24. The van der Waals surface area contributed by atoms with Crippen molar-refractivity contribution in [1.82, 2.24) is 0 Å². The van der Waals surface area contributed by atoms with Crippen molar-refractivity contribution in [1.29, 1.82) is 0 Å². The SMILES string of the molecule is CC.CC.CCc1cc(/C(C)=N/OCc2ccc(C3CCCCC3)c(C(F)(F)F)c2)ccc1C=O. The van der Waals surface area contributed by atoms with Crippen LogP contribution in [0.1, 0.15) is 118 Å². The summed E-state index contributed by atoms with van der Waals surface area (Å²) in [5.74, 6) is -0.0253. The molecule has 2 aromatic rings. The number of carbonyl (C=O) groups excluding carboxylic acids is 1. The van der Waals surface area contributed by atoms with Crippen molar-refractivity contribution >= 4 is 12.0 Å². The Hall–Kier alpha value is -2.63. The molecule has 0 N–H and O–H groups in total. The summed E-state index contributed by atoms with van der Waals surface area (Å²) in [4.78, 5) is 16.5. The van der Waals surface area contributed by atoms with Gasteiger partial charge < -0.3 is 4.84 Å². The van der Waals surface area contributed by atoms with Gasteiger partial charge in [0.05, 0.1) is 11.3 Å². The molecule has 6 heteroatoms. The molecule has 1 saturated carbocycles. The van der Waals surface area contributed by atoms with Crippen molar-refractivity contribution in [2.24, 2.45) is 5.16 Å². The Balaban J connectivity index is 0.00000145. The van der Waals surface area contributed by atoms with E-state index >= 15 is 0 Å². The van der Waals surface area contributed by atoms with E-state index in [4.69, 9.17) is 4.84 Å². The number of benzene rings is 2. The largest absolute Gasteiger partial charge is 0.416 e. The van der Waals surface area contributed by atoms with Crippen molar-refractivity contribution in [2.75, 3.05) is 0 Å². The van der Waals surface area contributed by atoms with Crippen molar-refractivity contribution in [3.63, 3.8) is 0 Å². The Bertz CT molecular complexity index is 945. The number of halogens is 3. The van der Waals surface area contributed by atoms with Crippen LogP contribution in [0.4, 0.5) is 13.2 Å². The van der Waals surface area contributed by atoms with Crippen molar-refractivity contribution < 1.29 is 22.8 Å². The van der Waals surface area contributed by atoms with Gasteiger partial charge in [0.25, 0.3) is 0 Å². The Kier molecular flexibility index (Phi) is 13.4. The fraction of sp³-hybridized carbons (Fsp3) is 0.517. The smallest absolute Gasteiger partial charge is 0.391 e. The third-order valence-corrected chi connectivity index (χ3v) is 5.97. The van der Waals surface area contributed by atoms with Crippen LogP contribution >= 0.6 is 0 Å². The van der Waals surface area contributed by atoms with E-state index in [9.17, 15) is 18.0 Å². The molecule has 0 bridgehead atoms. The number of rotatable bonds is 7. The third-order valence-electron chi connectivity index (χ3n) is 5.97. The molecule has 0 spiro atoms. The summed E-state index contributed by atoms with van der Waals surface area (Å²) in [6.45, 7) is 11.7. The summed E-state index contributed by atoms with van der Waals surface area (Å²) in [6.07, 6.45) is 1.82. The number of aldehydes is 1. The molecule has 0 atom stereocenters. The molecule has 1 fully saturated rings. The van der Waals surface area contributed by atoms with Crippen LogP contribution in [0.3, 0.4) is 0 Å². The zero-order valence-electron chi connectivity index (χ0n) is 22.0. The number of oxime groups is 1. The molecule has 194 valence electrons. The average Bonchev–Trinajstić information content (AvgIpc) is 2.90. The monoisotopic (exact) mass is 491 g/mol. The van der Waals surface area contributed by atoms with Gasteiger partial charge >= 0.3 is 6.18 Å². The first-order valence-corrected chi connectivity index (χ1v) is 12.8. The molecule has 0 heterocycles. The normalized spacial score (nSPS) is 14.3. The average molecular weight is 492 g/mol. The summed E-state index contributed by atoms with van der Waals surface area (Å²) in [6, 6.07) is 9.92. The molecule has 0 unspecified atom stereocenters. The number of carbonyl (C=O) groups is 1. The van der Waals surface area contributed by atoms with Gasteiger partial charge in [0.1, 0.15) is 12.9 Å². The first-order valence-electron chi connectivity index (χ1n) is 12.8. The standard InChI is InChI=1S/C25H28F3NO2.2C2H6/c1-3-19-14-21(10-11-22(19)15-30)17(2)29-31-16-18-9-12-23(20-7-5-4-6-8-20)24(13-18)25(26,27)28;2*1-2/h9-15,20H,3-8,16H2,1-2H3;2*1-2H3/b29-17+;;. The lowest BCUT2D eigenvalue weighted by Gasteiger charge is -2.25. The lowest BCUT2D eigenvalue weighted by atomic mass is 9.81. The molecule has 0 aliphatic heterocycles. The first-order chi connectivity index (χ1) is 16.8. The predicted molar refractivity (Wildman–Crippen MR) is 138 cm³/mol. The van der Waals surface area contributed by atoms with Crippen LogP contribution in [0.25, 0.3) is 0 Å². The third kappa shape index (κ3) is 8.83. The fourth-order valence-electron chi connectivity index (χ4n) is 4.22. The Labute approximate surface area is 208 Å². The first kappa shape index (κ1) is 30.4.